The number of aromatic nitrogens is 1. The maximum atomic E-state index is 2.37. The lowest BCUT2D eigenvalue weighted by Gasteiger charge is -2.26. The molecule has 0 spiro atoms. The first-order valence-electron chi connectivity index (χ1n) is 19.1. The maximum Gasteiger partial charge on any atom is 0.0541 e. The first-order valence-corrected chi connectivity index (χ1v) is 19.1. The van der Waals surface area contributed by atoms with E-state index in [1.807, 2.05) is 0 Å². The van der Waals surface area contributed by atoms with E-state index in [2.05, 4.69) is 217 Å². The molecule has 0 aliphatic rings. The highest BCUT2D eigenvalue weighted by molar-refractivity contribution is 6.10. The van der Waals surface area contributed by atoms with E-state index in [4.69, 9.17) is 0 Å². The summed E-state index contributed by atoms with van der Waals surface area (Å²) >= 11 is 0. The van der Waals surface area contributed by atoms with E-state index in [1.165, 1.54) is 79.3 Å². The number of fused-ring (bicyclic) bond motifs is 3. The Morgan fingerprint density at radius 2 is 0.833 bits per heavy atom. The predicted octanol–water partition coefficient (Wildman–Crippen LogP) is 14.6. The Balaban J connectivity index is 1.07. The second-order valence-electron chi connectivity index (χ2n) is 14.1. The SMILES string of the molecule is CCCCc1ccc(-c2ccc(N(c3ccc(-c4ccccc4)cc3)c3ccc(-c4ccc5c(c4)c4ccccc4n5-c4ccccc4)cc3)cc2)cc1. The molecule has 54 heavy (non-hydrogen) atoms. The lowest BCUT2D eigenvalue weighted by molar-refractivity contribution is 0.795. The van der Waals surface area contributed by atoms with Gasteiger partial charge in [-0.25, -0.2) is 0 Å². The molecule has 0 aliphatic carbocycles. The van der Waals surface area contributed by atoms with Gasteiger partial charge in [0, 0.05) is 33.5 Å². The quantitative estimate of drug-likeness (QED) is 0.138. The summed E-state index contributed by atoms with van der Waals surface area (Å²) in [5.74, 6) is 0. The summed E-state index contributed by atoms with van der Waals surface area (Å²) in [5, 5.41) is 2.52. The molecular weight excluding hydrogens is 653 g/mol. The van der Waals surface area contributed by atoms with Gasteiger partial charge in [-0.05, 0) is 119 Å². The Morgan fingerprint density at radius 1 is 0.389 bits per heavy atom. The highest BCUT2D eigenvalue weighted by Crippen LogP contribution is 2.39. The van der Waals surface area contributed by atoms with Crippen LogP contribution in [0.5, 0.6) is 0 Å². The van der Waals surface area contributed by atoms with Crippen LogP contribution in [0.2, 0.25) is 0 Å². The van der Waals surface area contributed by atoms with Gasteiger partial charge in [-0.15, -0.1) is 0 Å². The fraction of sp³-hybridized carbons (Fsp3) is 0.0769. The van der Waals surface area contributed by atoms with Crippen LogP contribution in [-0.2, 0) is 6.42 Å². The van der Waals surface area contributed by atoms with Crippen molar-refractivity contribution in [3.63, 3.8) is 0 Å². The molecule has 2 nitrogen and oxygen atoms in total. The van der Waals surface area contributed by atoms with Gasteiger partial charge in [0.2, 0.25) is 0 Å². The Labute approximate surface area is 318 Å². The van der Waals surface area contributed by atoms with Gasteiger partial charge in [-0.3, -0.25) is 0 Å². The molecule has 0 amide bonds. The van der Waals surface area contributed by atoms with Crippen molar-refractivity contribution in [2.24, 2.45) is 0 Å². The Bertz CT molecular complexity index is 2640. The summed E-state index contributed by atoms with van der Waals surface area (Å²) in [6, 6.07) is 72.8. The molecule has 0 fully saturated rings. The van der Waals surface area contributed by atoms with Crippen LogP contribution in [0.15, 0.2) is 200 Å². The normalized spacial score (nSPS) is 11.3. The lowest BCUT2D eigenvalue weighted by atomic mass is 10.0. The van der Waals surface area contributed by atoms with Gasteiger partial charge in [-0.1, -0.05) is 147 Å². The molecular formula is C52H42N2. The molecule has 0 N–H and O–H groups in total. The molecule has 8 aromatic carbocycles. The summed E-state index contributed by atoms with van der Waals surface area (Å²) in [6.07, 6.45) is 3.58. The van der Waals surface area contributed by atoms with Crippen molar-refractivity contribution in [2.45, 2.75) is 26.2 Å². The predicted molar refractivity (Wildman–Crippen MR) is 230 cm³/mol. The third-order valence-corrected chi connectivity index (χ3v) is 10.6. The highest BCUT2D eigenvalue weighted by Gasteiger charge is 2.16. The Hall–Kier alpha value is -6.64. The minimum atomic E-state index is 1.11. The zero-order valence-electron chi connectivity index (χ0n) is 30.6. The summed E-state index contributed by atoms with van der Waals surface area (Å²) < 4.78 is 2.37. The average molecular weight is 695 g/mol. The molecule has 1 heterocycles. The van der Waals surface area contributed by atoms with Gasteiger partial charge >= 0.3 is 0 Å². The largest absolute Gasteiger partial charge is 0.311 e. The van der Waals surface area contributed by atoms with E-state index >= 15 is 0 Å². The topological polar surface area (TPSA) is 8.17 Å². The van der Waals surface area contributed by atoms with Crippen molar-refractivity contribution in [3.05, 3.63) is 206 Å². The van der Waals surface area contributed by atoms with Gasteiger partial charge in [0.05, 0.1) is 11.0 Å². The number of unbranched alkanes of at least 4 members (excludes halogenated alkanes) is 1. The van der Waals surface area contributed by atoms with Crippen molar-refractivity contribution >= 4 is 38.9 Å². The third kappa shape index (κ3) is 6.48. The van der Waals surface area contributed by atoms with Gasteiger partial charge in [0.1, 0.15) is 0 Å². The Morgan fingerprint density at radius 3 is 1.41 bits per heavy atom. The van der Waals surface area contributed by atoms with Crippen LogP contribution in [0, 0.1) is 0 Å². The summed E-state index contributed by atoms with van der Waals surface area (Å²) in [5.41, 5.74) is 15.6. The van der Waals surface area contributed by atoms with Crippen molar-refractivity contribution in [1.82, 2.24) is 4.57 Å². The van der Waals surface area contributed by atoms with Crippen LogP contribution in [0.4, 0.5) is 17.1 Å². The smallest absolute Gasteiger partial charge is 0.0541 e. The average Bonchev–Trinajstić information content (AvgIpc) is 3.58. The van der Waals surface area contributed by atoms with E-state index in [1.54, 1.807) is 0 Å². The minimum Gasteiger partial charge on any atom is -0.311 e. The molecule has 0 saturated carbocycles. The zero-order valence-corrected chi connectivity index (χ0v) is 30.6. The van der Waals surface area contributed by atoms with Gasteiger partial charge in [0.15, 0.2) is 0 Å². The number of para-hydroxylation sites is 2. The molecule has 9 aromatic rings. The van der Waals surface area contributed by atoms with Crippen LogP contribution in [-0.4, -0.2) is 4.57 Å². The highest BCUT2D eigenvalue weighted by atomic mass is 15.1. The number of aryl methyl sites for hydroxylation is 1. The number of anilines is 3. The van der Waals surface area contributed by atoms with E-state index < -0.39 is 0 Å². The number of nitrogens with zero attached hydrogens (tertiary/aromatic N) is 2. The van der Waals surface area contributed by atoms with Crippen LogP contribution in [0.1, 0.15) is 25.3 Å². The molecule has 9 rings (SSSR count). The molecule has 2 heteroatoms. The van der Waals surface area contributed by atoms with Crippen LogP contribution in [0.25, 0.3) is 60.9 Å². The van der Waals surface area contributed by atoms with E-state index in [-0.39, 0.29) is 0 Å². The summed E-state index contributed by atoms with van der Waals surface area (Å²) in [6.45, 7) is 2.25. The van der Waals surface area contributed by atoms with E-state index in [0.29, 0.717) is 0 Å². The van der Waals surface area contributed by atoms with Crippen molar-refractivity contribution < 1.29 is 0 Å². The number of benzene rings is 8. The van der Waals surface area contributed by atoms with Crippen LogP contribution < -0.4 is 4.90 Å². The fourth-order valence-corrected chi connectivity index (χ4v) is 7.74. The minimum absolute atomic E-state index is 1.11. The molecule has 0 bridgehead atoms. The zero-order chi connectivity index (χ0) is 36.3. The Kier molecular flexibility index (Phi) is 9.08. The number of rotatable bonds is 10. The standard InChI is InChI=1S/C52H42N2/c1-2-3-12-38-19-21-40(22-20-38)42-25-32-47(33-26-42)53(46-30-23-41(24-31-46)39-13-6-4-7-14-39)48-34-27-43(28-35-48)44-29-36-52-50(37-44)49-17-10-11-18-51(49)54(52)45-15-8-5-9-16-45/h4-11,13-37H,2-3,12H2,1H3. The van der Waals surface area contributed by atoms with Crippen LogP contribution in [0.3, 0.4) is 0 Å². The van der Waals surface area contributed by atoms with Gasteiger partial charge in [0.25, 0.3) is 0 Å². The van der Waals surface area contributed by atoms with E-state index in [0.717, 1.165) is 23.5 Å². The third-order valence-electron chi connectivity index (χ3n) is 10.6. The molecule has 0 saturated heterocycles. The van der Waals surface area contributed by atoms with Crippen LogP contribution >= 0.6 is 0 Å². The lowest BCUT2D eigenvalue weighted by Crippen LogP contribution is -2.09. The molecule has 0 atom stereocenters. The molecule has 260 valence electrons. The van der Waals surface area contributed by atoms with Gasteiger partial charge in [-0.2, -0.15) is 0 Å². The molecule has 0 aliphatic heterocycles. The summed E-state index contributed by atoms with van der Waals surface area (Å²) in [7, 11) is 0. The monoisotopic (exact) mass is 694 g/mol. The van der Waals surface area contributed by atoms with Crippen molar-refractivity contribution in [2.75, 3.05) is 4.90 Å². The number of hydrogen-bond acceptors (Lipinski definition) is 1. The first kappa shape index (κ1) is 33.2. The molecule has 0 unspecified atom stereocenters. The van der Waals surface area contributed by atoms with Crippen molar-refractivity contribution in [1.29, 1.82) is 0 Å². The molecule has 1 aromatic heterocycles. The molecule has 0 radical (unpaired) electrons. The second kappa shape index (κ2) is 14.8. The second-order valence-corrected chi connectivity index (χ2v) is 14.1. The summed E-state index contributed by atoms with van der Waals surface area (Å²) in [4.78, 5) is 2.35. The van der Waals surface area contributed by atoms with Crippen molar-refractivity contribution in [3.8, 4) is 39.1 Å². The fourth-order valence-electron chi connectivity index (χ4n) is 7.74. The first-order chi connectivity index (χ1) is 26.7. The van der Waals surface area contributed by atoms with Gasteiger partial charge < -0.3 is 9.47 Å². The maximum absolute atomic E-state index is 2.37. The number of hydrogen-bond donors (Lipinski definition) is 0. The van der Waals surface area contributed by atoms with E-state index in [9.17, 15) is 0 Å².